The van der Waals surface area contributed by atoms with Crippen LogP contribution in [0.15, 0.2) is 36.5 Å². The van der Waals surface area contributed by atoms with Crippen LogP contribution in [0.3, 0.4) is 0 Å². The van der Waals surface area contributed by atoms with E-state index < -0.39 is 0 Å². The molecule has 0 radical (unpaired) electrons. The largest absolute Gasteiger partial charge is 0.487 e. The molecular weight excluding hydrogens is 291 g/mol. The van der Waals surface area contributed by atoms with Gasteiger partial charge in [0.05, 0.1) is 11.2 Å². The summed E-state index contributed by atoms with van der Waals surface area (Å²) in [5, 5.41) is 0.355. The Morgan fingerprint density at radius 3 is 2.76 bits per heavy atom. The molecule has 21 heavy (non-hydrogen) atoms. The van der Waals surface area contributed by atoms with Crippen LogP contribution < -0.4 is 10.5 Å². The topological polar surface area (TPSA) is 48.1 Å². The van der Waals surface area contributed by atoms with Crippen LogP contribution in [0.5, 0.6) is 5.75 Å². The highest BCUT2D eigenvalue weighted by molar-refractivity contribution is 6.31. The van der Waals surface area contributed by atoms with E-state index in [4.69, 9.17) is 22.1 Å². The lowest BCUT2D eigenvalue weighted by molar-refractivity contribution is 0.304. The van der Waals surface area contributed by atoms with Gasteiger partial charge in [0.25, 0.3) is 0 Å². The molecule has 0 fully saturated rings. The molecule has 0 aliphatic rings. The number of ether oxygens (including phenoxy) is 1. The Hall–Kier alpha value is -1.65. The number of hydrogen-bond donors (Lipinski definition) is 1. The van der Waals surface area contributed by atoms with Crippen molar-refractivity contribution in [3.63, 3.8) is 0 Å². The fourth-order valence-corrected chi connectivity index (χ4v) is 2.05. The van der Waals surface area contributed by atoms with Crippen molar-refractivity contribution in [3.05, 3.63) is 58.6 Å². The minimum Gasteiger partial charge on any atom is -0.487 e. The van der Waals surface area contributed by atoms with Crippen molar-refractivity contribution in [1.82, 2.24) is 4.98 Å². The number of hydrogen-bond acceptors (Lipinski definition) is 3. The molecule has 112 valence electrons. The van der Waals surface area contributed by atoms with Gasteiger partial charge in [0, 0.05) is 23.7 Å². The van der Waals surface area contributed by atoms with Crippen LogP contribution in [0.25, 0.3) is 0 Å². The lowest BCUT2D eigenvalue weighted by Gasteiger charge is -2.10. The zero-order chi connectivity index (χ0) is 15.2. The average Bonchev–Trinajstić information content (AvgIpc) is 2.48. The second kappa shape index (κ2) is 7.38. The summed E-state index contributed by atoms with van der Waals surface area (Å²) in [6, 6.07) is 8.12. The van der Waals surface area contributed by atoms with Crippen molar-refractivity contribution >= 4 is 11.6 Å². The molecule has 0 saturated carbocycles. The Morgan fingerprint density at radius 1 is 1.33 bits per heavy atom. The summed E-state index contributed by atoms with van der Waals surface area (Å²) in [7, 11) is 0. The zero-order valence-electron chi connectivity index (χ0n) is 11.9. The lowest BCUT2D eigenvalue weighted by atomic mass is 10.1. The zero-order valence-corrected chi connectivity index (χ0v) is 12.6. The fourth-order valence-electron chi connectivity index (χ4n) is 1.83. The summed E-state index contributed by atoms with van der Waals surface area (Å²) in [5.41, 5.74) is 7.56. The molecule has 0 amide bonds. The summed E-state index contributed by atoms with van der Waals surface area (Å²) >= 11 is 5.94. The number of nitrogens with zero attached hydrogens (tertiary/aromatic N) is 1. The van der Waals surface area contributed by atoms with Gasteiger partial charge >= 0.3 is 0 Å². The molecule has 3 nitrogen and oxygen atoms in total. The van der Waals surface area contributed by atoms with E-state index in [1.807, 2.05) is 12.1 Å². The van der Waals surface area contributed by atoms with Crippen LogP contribution in [0.1, 0.15) is 24.6 Å². The monoisotopic (exact) mass is 308 g/mol. The predicted molar refractivity (Wildman–Crippen MR) is 81.9 cm³/mol. The lowest BCUT2D eigenvalue weighted by Crippen LogP contribution is -2.21. The molecule has 0 bridgehead atoms. The number of rotatable bonds is 6. The van der Waals surface area contributed by atoms with Crippen LogP contribution in [0, 0.1) is 5.82 Å². The first-order chi connectivity index (χ1) is 10.1. The number of nitrogens with two attached hydrogens (primary N) is 1. The molecule has 1 heterocycles. The third-order valence-electron chi connectivity index (χ3n) is 3.20. The molecule has 2 aromatic rings. The van der Waals surface area contributed by atoms with Gasteiger partial charge in [-0.2, -0.15) is 0 Å². The minimum absolute atomic E-state index is 0.127. The molecule has 1 atom stereocenters. The summed E-state index contributed by atoms with van der Waals surface area (Å²) in [6.45, 7) is 2.32. The van der Waals surface area contributed by atoms with Crippen LogP contribution >= 0.6 is 11.6 Å². The molecular formula is C16H18ClFN2O. The van der Waals surface area contributed by atoms with E-state index in [0.29, 0.717) is 10.8 Å². The molecule has 0 aliphatic carbocycles. The summed E-state index contributed by atoms with van der Waals surface area (Å²) in [5.74, 6) is 0.284. The van der Waals surface area contributed by atoms with E-state index in [0.717, 1.165) is 24.1 Å². The van der Waals surface area contributed by atoms with Crippen LogP contribution in [0.2, 0.25) is 5.02 Å². The summed E-state index contributed by atoms with van der Waals surface area (Å²) < 4.78 is 18.5. The number of halogens is 2. The van der Waals surface area contributed by atoms with Gasteiger partial charge in [-0.15, -0.1) is 0 Å². The molecule has 0 saturated heterocycles. The Labute approximate surface area is 128 Å². The SMILES string of the molecule is CCC(N)Cc1ccc(OCc2ccc(F)cc2Cl)cn1. The second-order valence-electron chi connectivity index (χ2n) is 4.88. The van der Waals surface area contributed by atoms with E-state index >= 15 is 0 Å². The van der Waals surface area contributed by atoms with Crippen molar-refractivity contribution in [1.29, 1.82) is 0 Å². The second-order valence-corrected chi connectivity index (χ2v) is 5.29. The van der Waals surface area contributed by atoms with E-state index in [-0.39, 0.29) is 18.5 Å². The molecule has 1 unspecified atom stereocenters. The van der Waals surface area contributed by atoms with Gasteiger partial charge in [-0.25, -0.2) is 4.39 Å². The number of benzene rings is 1. The highest BCUT2D eigenvalue weighted by Crippen LogP contribution is 2.19. The van der Waals surface area contributed by atoms with E-state index in [2.05, 4.69) is 11.9 Å². The highest BCUT2D eigenvalue weighted by Gasteiger charge is 2.05. The third-order valence-corrected chi connectivity index (χ3v) is 3.55. The maximum atomic E-state index is 12.9. The van der Waals surface area contributed by atoms with Gasteiger partial charge in [0.15, 0.2) is 0 Å². The van der Waals surface area contributed by atoms with Crippen molar-refractivity contribution in [2.24, 2.45) is 5.73 Å². The third kappa shape index (κ3) is 4.69. The smallest absolute Gasteiger partial charge is 0.138 e. The van der Waals surface area contributed by atoms with Crippen LogP contribution in [-0.4, -0.2) is 11.0 Å². The van der Waals surface area contributed by atoms with Crippen molar-refractivity contribution < 1.29 is 9.13 Å². The Kier molecular flexibility index (Phi) is 5.53. The molecule has 1 aromatic heterocycles. The standard InChI is InChI=1S/C16H18ClFN2O/c1-2-13(19)8-14-5-6-15(9-20-14)21-10-11-3-4-12(18)7-16(11)17/h3-7,9,13H,2,8,10,19H2,1H3. The van der Waals surface area contributed by atoms with Crippen LogP contribution in [-0.2, 0) is 13.0 Å². The maximum Gasteiger partial charge on any atom is 0.138 e. The van der Waals surface area contributed by atoms with Gasteiger partial charge in [0.1, 0.15) is 18.2 Å². The molecule has 0 spiro atoms. The normalized spacial score (nSPS) is 12.2. The number of pyridine rings is 1. The molecule has 0 aliphatic heterocycles. The van der Waals surface area contributed by atoms with Gasteiger partial charge in [-0.3, -0.25) is 4.98 Å². The quantitative estimate of drug-likeness (QED) is 0.884. The Morgan fingerprint density at radius 2 is 2.14 bits per heavy atom. The maximum absolute atomic E-state index is 12.9. The highest BCUT2D eigenvalue weighted by atomic mass is 35.5. The van der Waals surface area contributed by atoms with E-state index in [1.165, 1.54) is 12.1 Å². The van der Waals surface area contributed by atoms with Gasteiger partial charge in [-0.1, -0.05) is 24.6 Å². The first-order valence-electron chi connectivity index (χ1n) is 6.85. The summed E-state index contributed by atoms with van der Waals surface area (Å²) in [6.07, 6.45) is 3.33. The average molecular weight is 309 g/mol. The van der Waals surface area contributed by atoms with Crippen molar-refractivity contribution in [2.75, 3.05) is 0 Å². The molecule has 1 aromatic carbocycles. The Balaban J connectivity index is 1.94. The molecule has 2 N–H and O–H groups in total. The Bertz CT molecular complexity index is 589. The van der Waals surface area contributed by atoms with Gasteiger partial charge in [-0.05, 0) is 30.7 Å². The molecule has 2 rings (SSSR count). The van der Waals surface area contributed by atoms with Crippen molar-refractivity contribution in [3.8, 4) is 5.75 Å². The first-order valence-corrected chi connectivity index (χ1v) is 7.23. The van der Waals surface area contributed by atoms with E-state index in [1.54, 1.807) is 12.3 Å². The number of aromatic nitrogens is 1. The summed E-state index contributed by atoms with van der Waals surface area (Å²) in [4.78, 5) is 4.32. The first kappa shape index (κ1) is 15.7. The predicted octanol–water partition coefficient (Wildman–Crippen LogP) is 3.73. The molecule has 5 heteroatoms. The fraction of sp³-hybridized carbons (Fsp3) is 0.312. The minimum atomic E-state index is -0.359. The van der Waals surface area contributed by atoms with Gasteiger partial charge in [0.2, 0.25) is 0 Å². The van der Waals surface area contributed by atoms with Gasteiger partial charge < -0.3 is 10.5 Å². The van der Waals surface area contributed by atoms with Crippen LogP contribution in [0.4, 0.5) is 4.39 Å². The van der Waals surface area contributed by atoms with E-state index in [9.17, 15) is 4.39 Å². The van der Waals surface area contributed by atoms with Crippen molar-refractivity contribution in [2.45, 2.75) is 32.4 Å².